The van der Waals surface area contributed by atoms with Crippen molar-refractivity contribution < 1.29 is 23.0 Å². The molecule has 0 fully saturated rings. The third-order valence-electron chi connectivity index (χ3n) is 2.33. The molecule has 0 atom stereocenters. The van der Waals surface area contributed by atoms with Crippen LogP contribution in [0.25, 0.3) is 0 Å². The summed E-state index contributed by atoms with van der Waals surface area (Å²) in [7, 11) is -1.94. The minimum atomic E-state index is -3.54. The molecule has 110 valence electrons. The maximum Gasteiger partial charge on any atom is 0.241 e. The highest BCUT2D eigenvalue weighted by Gasteiger charge is 2.18. The van der Waals surface area contributed by atoms with Crippen molar-refractivity contribution in [1.82, 2.24) is 4.72 Å². The van der Waals surface area contributed by atoms with Crippen molar-refractivity contribution in [3.63, 3.8) is 0 Å². The van der Waals surface area contributed by atoms with E-state index < -0.39 is 10.0 Å². The molecule has 0 aliphatic carbocycles. The van der Waals surface area contributed by atoms with Gasteiger partial charge in [-0.05, 0) is 17.9 Å². The second-order valence-corrected chi connectivity index (χ2v) is 6.46. The van der Waals surface area contributed by atoms with Crippen LogP contribution < -0.4 is 4.72 Å². The summed E-state index contributed by atoms with van der Waals surface area (Å²) in [5.41, 5.74) is 0. The fourth-order valence-electron chi connectivity index (χ4n) is 1.39. The van der Waals surface area contributed by atoms with E-state index in [1.165, 1.54) is 17.4 Å². The molecule has 0 radical (unpaired) electrons. The van der Waals surface area contributed by atoms with Gasteiger partial charge in [-0.15, -0.1) is 11.3 Å². The molecular weight excluding hydrogens is 290 g/mol. The number of thiophene rings is 1. The Labute approximate surface area is 117 Å². The molecule has 1 heterocycles. The second kappa shape index (κ2) is 8.62. The number of methoxy groups -OCH3 is 1. The number of rotatable bonds is 10. The molecule has 2 N–H and O–H groups in total. The van der Waals surface area contributed by atoms with Gasteiger partial charge in [-0.3, -0.25) is 0 Å². The summed E-state index contributed by atoms with van der Waals surface area (Å²) in [6, 6.07) is 1.49. The largest absolute Gasteiger partial charge is 0.391 e. The van der Waals surface area contributed by atoms with Crippen molar-refractivity contribution in [3.05, 3.63) is 16.3 Å². The van der Waals surface area contributed by atoms with Crippen molar-refractivity contribution in [2.24, 2.45) is 0 Å². The summed E-state index contributed by atoms with van der Waals surface area (Å²) in [6.45, 7) is 1.54. The molecule has 1 rings (SSSR count). The molecule has 0 aromatic carbocycles. The highest BCUT2D eigenvalue weighted by Crippen LogP contribution is 2.21. The molecule has 1 aromatic rings. The van der Waals surface area contributed by atoms with Gasteiger partial charge >= 0.3 is 0 Å². The Bertz CT molecular complexity index is 457. The lowest BCUT2D eigenvalue weighted by molar-refractivity contribution is 0.0699. The zero-order chi connectivity index (χ0) is 14.1. The Morgan fingerprint density at radius 2 is 2.16 bits per heavy atom. The van der Waals surface area contributed by atoms with E-state index in [1.807, 2.05) is 0 Å². The highest BCUT2D eigenvalue weighted by molar-refractivity contribution is 7.89. The van der Waals surface area contributed by atoms with Gasteiger partial charge in [-0.25, -0.2) is 13.1 Å². The van der Waals surface area contributed by atoms with E-state index in [0.29, 0.717) is 37.7 Å². The molecule has 0 saturated carbocycles. The molecule has 0 aliphatic rings. The molecule has 8 heteroatoms. The van der Waals surface area contributed by atoms with Crippen LogP contribution in [0.3, 0.4) is 0 Å². The summed E-state index contributed by atoms with van der Waals surface area (Å²) >= 11 is 1.22. The van der Waals surface area contributed by atoms with Crippen molar-refractivity contribution in [2.45, 2.75) is 17.9 Å². The van der Waals surface area contributed by atoms with Gasteiger partial charge in [0.15, 0.2) is 0 Å². The monoisotopic (exact) mass is 309 g/mol. The predicted octanol–water partition coefficient (Wildman–Crippen LogP) is 0.572. The molecular formula is C11H19NO5S2. The summed E-state index contributed by atoms with van der Waals surface area (Å²) in [5, 5.41) is 10.7. The Kier molecular flexibility index (Phi) is 7.51. The fraction of sp³-hybridized carbons (Fsp3) is 0.636. The highest BCUT2D eigenvalue weighted by atomic mass is 32.2. The number of hydrogen-bond acceptors (Lipinski definition) is 6. The van der Waals surface area contributed by atoms with Crippen molar-refractivity contribution in [2.75, 3.05) is 33.5 Å². The maximum atomic E-state index is 11.9. The third-order valence-corrected chi connectivity index (χ3v) is 4.91. The Balaban J connectivity index is 2.32. The van der Waals surface area contributed by atoms with Crippen molar-refractivity contribution >= 4 is 21.4 Å². The lowest BCUT2D eigenvalue weighted by Crippen LogP contribution is -2.26. The topological polar surface area (TPSA) is 84.9 Å². The van der Waals surface area contributed by atoms with Gasteiger partial charge in [0.1, 0.15) is 0 Å². The van der Waals surface area contributed by atoms with Gasteiger partial charge in [0.2, 0.25) is 10.0 Å². The van der Waals surface area contributed by atoms with Gasteiger partial charge in [-0.1, -0.05) is 0 Å². The number of nitrogens with one attached hydrogen (secondary N) is 1. The minimum Gasteiger partial charge on any atom is -0.391 e. The van der Waals surface area contributed by atoms with Crippen LogP contribution in [0.2, 0.25) is 0 Å². The minimum absolute atomic E-state index is 0.153. The molecule has 6 nitrogen and oxygen atoms in total. The zero-order valence-corrected chi connectivity index (χ0v) is 12.4. The van der Waals surface area contributed by atoms with E-state index >= 15 is 0 Å². The van der Waals surface area contributed by atoms with Gasteiger partial charge in [0.25, 0.3) is 0 Å². The van der Waals surface area contributed by atoms with Crippen LogP contribution in [-0.4, -0.2) is 47.0 Å². The number of hydrogen-bond donors (Lipinski definition) is 2. The predicted molar refractivity (Wildman–Crippen MR) is 72.7 cm³/mol. The Morgan fingerprint density at radius 3 is 2.84 bits per heavy atom. The first kappa shape index (κ1) is 16.5. The average molecular weight is 309 g/mol. The van der Waals surface area contributed by atoms with Crippen LogP contribution in [0, 0.1) is 0 Å². The Hall–Kier alpha value is -0.510. The number of ether oxygens (including phenoxy) is 2. The van der Waals surface area contributed by atoms with E-state index in [9.17, 15) is 8.42 Å². The van der Waals surface area contributed by atoms with Gasteiger partial charge < -0.3 is 14.6 Å². The van der Waals surface area contributed by atoms with E-state index in [0.717, 1.165) is 0 Å². The molecule has 0 aliphatic heterocycles. The summed E-state index contributed by atoms with van der Waals surface area (Å²) < 4.78 is 36.4. The summed E-state index contributed by atoms with van der Waals surface area (Å²) in [5.74, 6) is 0. The van der Waals surface area contributed by atoms with Gasteiger partial charge in [0.05, 0.1) is 24.7 Å². The van der Waals surface area contributed by atoms with Crippen LogP contribution in [0.15, 0.2) is 16.3 Å². The Morgan fingerprint density at radius 1 is 1.37 bits per heavy atom. The molecule has 0 saturated heterocycles. The molecule has 0 amide bonds. The summed E-state index contributed by atoms with van der Waals surface area (Å²) in [4.78, 5) is 0.601. The molecule has 0 bridgehead atoms. The summed E-state index contributed by atoms with van der Waals surface area (Å²) in [6.07, 6.45) is 0.585. The molecule has 1 aromatic heterocycles. The van der Waals surface area contributed by atoms with Crippen LogP contribution in [0.4, 0.5) is 0 Å². The van der Waals surface area contributed by atoms with E-state index in [4.69, 9.17) is 14.6 Å². The van der Waals surface area contributed by atoms with Crippen LogP contribution in [0.1, 0.15) is 11.3 Å². The van der Waals surface area contributed by atoms with Crippen LogP contribution in [-0.2, 0) is 26.1 Å². The standard InChI is InChI=1S/C11H19NO5S2/c1-16-6-7-17-5-2-4-12-19(14,15)11-3-8-18-10(11)9-13/h3,8,12-13H,2,4-7,9H2,1H3. The molecule has 0 spiro atoms. The SMILES string of the molecule is COCCOCCCNS(=O)(=O)c1ccsc1CO. The van der Waals surface area contributed by atoms with E-state index in [2.05, 4.69) is 4.72 Å². The molecule has 19 heavy (non-hydrogen) atoms. The smallest absolute Gasteiger partial charge is 0.241 e. The second-order valence-electron chi connectivity index (χ2n) is 3.72. The van der Waals surface area contributed by atoms with Gasteiger partial charge in [0, 0.05) is 25.1 Å². The third kappa shape index (κ3) is 5.55. The number of aliphatic hydroxyl groups excluding tert-OH is 1. The van der Waals surface area contributed by atoms with Crippen LogP contribution in [0.5, 0.6) is 0 Å². The normalized spacial score (nSPS) is 11.9. The van der Waals surface area contributed by atoms with E-state index in [1.54, 1.807) is 12.5 Å². The number of aliphatic hydroxyl groups is 1. The average Bonchev–Trinajstić information content (AvgIpc) is 2.87. The fourth-order valence-corrected chi connectivity index (χ4v) is 3.75. The van der Waals surface area contributed by atoms with Crippen molar-refractivity contribution in [1.29, 1.82) is 0 Å². The van der Waals surface area contributed by atoms with Crippen molar-refractivity contribution in [3.8, 4) is 0 Å². The number of sulfonamides is 1. The maximum absolute atomic E-state index is 11.9. The van der Waals surface area contributed by atoms with Crippen LogP contribution >= 0.6 is 11.3 Å². The zero-order valence-electron chi connectivity index (χ0n) is 10.8. The lowest BCUT2D eigenvalue weighted by Gasteiger charge is -2.07. The molecule has 0 unspecified atom stereocenters. The first-order chi connectivity index (χ1) is 9.11. The van der Waals surface area contributed by atoms with E-state index in [-0.39, 0.29) is 11.5 Å². The first-order valence-electron chi connectivity index (χ1n) is 5.85. The first-order valence-corrected chi connectivity index (χ1v) is 8.21. The quantitative estimate of drug-likeness (QED) is 0.617. The van der Waals surface area contributed by atoms with Gasteiger partial charge in [-0.2, -0.15) is 0 Å². The lowest BCUT2D eigenvalue weighted by atomic mass is 10.5.